The molecule has 0 aliphatic carbocycles. The van der Waals surface area contributed by atoms with E-state index in [1.807, 2.05) is 26.0 Å². The van der Waals surface area contributed by atoms with Crippen LogP contribution in [0.2, 0.25) is 0 Å². The highest BCUT2D eigenvalue weighted by molar-refractivity contribution is 7.20. The quantitative estimate of drug-likeness (QED) is 0.537. The number of nitrogens with zero attached hydrogens (tertiary/aromatic N) is 3. The highest BCUT2D eigenvalue weighted by Crippen LogP contribution is 2.41. The van der Waals surface area contributed by atoms with Gasteiger partial charge in [-0.25, -0.2) is 9.37 Å². The monoisotopic (exact) mass is 392 g/mol. The van der Waals surface area contributed by atoms with Crippen molar-refractivity contribution in [2.45, 2.75) is 26.2 Å². The fraction of sp³-hybridized carbons (Fsp3) is 0.190. The van der Waals surface area contributed by atoms with E-state index < -0.39 is 0 Å². The summed E-state index contributed by atoms with van der Waals surface area (Å²) in [5.41, 5.74) is 4.18. The average Bonchev–Trinajstić information content (AvgIpc) is 3.22. The molecular formula is C21H17FN4OS. The number of benzene rings is 2. The van der Waals surface area contributed by atoms with Gasteiger partial charge in [-0.3, -0.25) is 4.79 Å². The summed E-state index contributed by atoms with van der Waals surface area (Å²) in [6, 6.07) is 12.7. The Morgan fingerprint density at radius 2 is 2.04 bits per heavy atom. The lowest BCUT2D eigenvalue weighted by atomic mass is 9.85. The molecular weight excluding hydrogens is 375 g/mol. The molecule has 1 N–H and O–H groups in total. The molecule has 5 rings (SSSR count). The molecule has 28 heavy (non-hydrogen) atoms. The van der Waals surface area contributed by atoms with Gasteiger partial charge in [0.15, 0.2) is 0 Å². The van der Waals surface area contributed by atoms with Gasteiger partial charge >= 0.3 is 0 Å². The summed E-state index contributed by atoms with van der Waals surface area (Å²) in [6.07, 6.45) is 0.194. The Labute approximate surface area is 164 Å². The second-order valence-electron chi connectivity index (χ2n) is 7.05. The minimum atomic E-state index is -0.365. The maximum Gasteiger partial charge on any atom is 0.226 e. The van der Waals surface area contributed by atoms with Gasteiger partial charge in [0, 0.05) is 17.9 Å². The summed E-state index contributed by atoms with van der Waals surface area (Å²) in [5.74, 6) is -0.247. The summed E-state index contributed by atoms with van der Waals surface area (Å²) in [5, 5.41) is 8.26. The molecule has 0 fully saturated rings. The lowest BCUT2D eigenvalue weighted by Crippen LogP contribution is -2.25. The van der Waals surface area contributed by atoms with Crippen LogP contribution in [0.5, 0.6) is 0 Å². The number of fused-ring (bicyclic) bond motifs is 2. The largest absolute Gasteiger partial charge is 0.310 e. The maximum atomic E-state index is 14.5. The van der Waals surface area contributed by atoms with Gasteiger partial charge in [-0.15, -0.1) is 0 Å². The number of hydrogen-bond donors (Lipinski definition) is 1. The van der Waals surface area contributed by atoms with Crippen molar-refractivity contribution in [1.29, 1.82) is 0 Å². The number of rotatable bonds is 2. The molecule has 4 aromatic rings. The van der Waals surface area contributed by atoms with Crippen molar-refractivity contribution in [2.24, 2.45) is 0 Å². The van der Waals surface area contributed by atoms with Crippen molar-refractivity contribution < 1.29 is 9.18 Å². The van der Waals surface area contributed by atoms with Gasteiger partial charge in [0.2, 0.25) is 11.0 Å². The van der Waals surface area contributed by atoms with Gasteiger partial charge in [-0.05, 0) is 43.2 Å². The van der Waals surface area contributed by atoms with Crippen molar-refractivity contribution in [1.82, 2.24) is 14.8 Å². The number of aryl methyl sites for hydroxylation is 2. The highest BCUT2D eigenvalue weighted by atomic mass is 32.1. The first-order valence-corrected chi connectivity index (χ1v) is 9.84. The third kappa shape index (κ3) is 2.62. The standard InChI is InChI=1S/C21H17FN4OS/c1-11-7-8-16-17(9-11)28-21(23-16)26-20-19(12(2)25-26)14(10-18(27)24-20)13-5-3-4-6-15(13)22/h3-9,14H,10H2,1-2H3,(H,24,27)/t14-/m0/s1. The number of anilines is 1. The molecule has 0 saturated carbocycles. The lowest BCUT2D eigenvalue weighted by Gasteiger charge is -2.24. The first kappa shape index (κ1) is 17.1. The maximum absolute atomic E-state index is 14.5. The van der Waals surface area contributed by atoms with Gasteiger partial charge < -0.3 is 5.32 Å². The Morgan fingerprint density at radius 3 is 2.86 bits per heavy atom. The van der Waals surface area contributed by atoms with Gasteiger partial charge in [-0.1, -0.05) is 35.6 Å². The molecule has 2 aromatic heterocycles. The molecule has 1 aliphatic heterocycles. The predicted molar refractivity (Wildman–Crippen MR) is 108 cm³/mol. The van der Waals surface area contributed by atoms with E-state index in [-0.39, 0.29) is 24.1 Å². The van der Waals surface area contributed by atoms with Crippen molar-refractivity contribution in [3.63, 3.8) is 0 Å². The smallest absolute Gasteiger partial charge is 0.226 e. The molecule has 2 aromatic carbocycles. The summed E-state index contributed by atoms with van der Waals surface area (Å²) in [6.45, 7) is 3.93. The number of hydrogen-bond acceptors (Lipinski definition) is 4. The van der Waals surface area contributed by atoms with E-state index >= 15 is 0 Å². The molecule has 140 valence electrons. The van der Waals surface area contributed by atoms with E-state index in [1.165, 1.54) is 17.4 Å². The second-order valence-corrected chi connectivity index (χ2v) is 8.06. The number of thiazole rings is 1. The topological polar surface area (TPSA) is 59.8 Å². The molecule has 0 radical (unpaired) electrons. The molecule has 0 unspecified atom stereocenters. The molecule has 0 saturated heterocycles. The van der Waals surface area contributed by atoms with Gasteiger partial charge in [0.1, 0.15) is 11.6 Å². The van der Waals surface area contributed by atoms with Crippen LogP contribution in [0.15, 0.2) is 42.5 Å². The molecule has 3 heterocycles. The second kappa shape index (κ2) is 6.24. The lowest BCUT2D eigenvalue weighted by molar-refractivity contribution is -0.116. The van der Waals surface area contributed by atoms with Crippen molar-refractivity contribution in [3.05, 3.63) is 70.7 Å². The SMILES string of the molecule is Cc1ccc2nc(-n3nc(C)c4c3NC(=O)C[C@H]4c3ccccc3F)sc2c1. The van der Waals surface area contributed by atoms with Crippen LogP contribution in [0.3, 0.4) is 0 Å². The van der Waals surface area contributed by atoms with Crippen molar-refractivity contribution >= 4 is 33.3 Å². The van der Waals surface area contributed by atoms with Crippen LogP contribution in [-0.4, -0.2) is 20.7 Å². The highest BCUT2D eigenvalue weighted by Gasteiger charge is 2.34. The predicted octanol–water partition coefficient (Wildman–Crippen LogP) is 4.71. The average molecular weight is 392 g/mol. The van der Waals surface area contributed by atoms with Gasteiger partial charge in [0.25, 0.3) is 0 Å². The Bertz CT molecular complexity index is 1240. The molecule has 7 heteroatoms. The molecule has 1 amide bonds. The van der Waals surface area contributed by atoms with Crippen LogP contribution in [0.1, 0.15) is 34.7 Å². The summed E-state index contributed by atoms with van der Waals surface area (Å²) < 4.78 is 17.2. The van der Waals surface area contributed by atoms with Crippen LogP contribution in [0.4, 0.5) is 10.2 Å². The number of carbonyl (C=O) groups excluding carboxylic acids is 1. The van der Waals surface area contributed by atoms with Crippen LogP contribution >= 0.6 is 11.3 Å². The van der Waals surface area contributed by atoms with Gasteiger partial charge in [0.05, 0.1) is 15.9 Å². The van der Waals surface area contributed by atoms with Crippen LogP contribution in [0, 0.1) is 19.7 Å². The van der Waals surface area contributed by atoms with Gasteiger partial charge in [-0.2, -0.15) is 9.78 Å². The van der Waals surface area contributed by atoms with E-state index in [0.29, 0.717) is 16.5 Å². The first-order valence-electron chi connectivity index (χ1n) is 9.02. The van der Waals surface area contributed by atoms with Crippen LogP contribution < -0.4 is 5.32 Å². The Morgan fingerprint density at radius 1 is 1.21 bits per heavy atom. The Kier molecular flexibility index (Phi) is 3.80. The van der Waals surface area contributed by atoms with E-state index in [9.17, 15) is 9.18 Å². The summed E-state index contributed by atoms with van der Waals surface area (Å²) in [4.78, 5) is 17.1. The molecule has 0 spiro atoms. The van der Waals surface area contributed by atoms with E-state index in [0.717, 1.165) is 27.0 Å². The van der Waals surface area contributed by atoms with E-state index in [4.69, 9.17) is 0 Å². The van der Waals surface area contributed by atoms with Crippen molar-refractivity contribution in [3.8, 4) is 5.13 Å². The summed E-state index contributed by atoms with van der Waals surface area (Å²) >= 11 is 1.52. The summed E-state index contributed by atoms with van der Waals surface area (Å²) in [7, 11) is 0. The molecule has 1 atom stereocenters. The van der Waals surface area contributed by atoms with Crippen LogP contribution in [0.25, 0.3) is 15.3 Å². The fourth-order valence-corrected chi connectivity index (χ4v) is 4.84. The van der Waals surface area contributed by atoms with E-state index in [2.05, 4.69) is 21.5 Å². The Balaban J connectivity index is 1.69. The first-order chi connectivity index (χ1) is 13.5. The molecule has 0 bridgehead atoms. The number of aromatic nitrogens is 3. The minimum Gasteiger partial charge on any atom is -0.310 e. The Hall–Kier alpha value is -3.06. The minimum absolute atomic E-state index is 0.154. The zero-order valence-electron chi connectivity index (χ0n) is 15.4. The molecule has 1 aliphatic rings. The zero-order valence-corrected chi connectivity index (χ0v) is 16.2. The third-order valence-corrected chi connectivity index (χ3v) is 6.09. The number of carbonyl (C=O) groups is 1. The third-order valence-electron chi connectivity index (χ3n) is 5.10. The van der Waals surface area contributed by atoms with Crippen LogP contribution in [-0.2, 0) is 4.79 Å². The molecule has 5 nitrogen and oxygen atoms in total. The normalized spacial score (nSPS) is 16.2. The van der Waals surface area contributed by atoms with Crippen molar-refractivity contribution in [2.75, 3.05) is 5.32 Å². The fourth-order valence-electron chi connectivity index (χ4n) is 3.82. The number of halogens is 1. The number of nitrogens with one attached hydrogen (secondary N) is 1. The zero-order chi connectivity index (χ0) is 19.4. The number of amides is 1. The van der Waals surface area contributed by atoms with E-state index in [1.54, 1.807) is 22.9 Å².